The number of hydrogen-bond acceptors (Lipinski definition) is 3. The maximum absolute atomic E-state index is 10.3. The van der Waals surface area contributed by atoms with Gasteiger partial charge in [-0.2, -0.15) is 0 Å². The van der Waals surface area contributed by atoms with Gasteiger partial charge in [0.25, 0.3) is 0 Å². The van der Waals surface area contributed by atoms with Crippen molar-refractivity contribution in [3.63, 3.8) is 0 Å². The van der Waals surface area contributed by atoms with Crippen molar-refractivity contribution in [2.75, 3.05) is 19.6 Å². The van der Waals surface area contributed by atoms with E-state index in [1.54, 1.807) is 6.07 Å². The quantitative estimate of drug-likeness (QED) is 0.322. The number of guanidine groups is 1. The molecule has 1 heterocycles. The van der Waals surface area contributed by atoms with E-state index in [4.69, 9.17) is 16.3 Å². The Kier molecular flexibility index (Phi) is 8.66. The molecule has 0 amide bonds. The molecule has 0 aliphatic carbocycles. The van der Waals surface area contributed by atoms with E-state index in [0.717, 1.165) is 18.7 Å². The van der Waals surface area contributed by atoms with Crippen LogP contribution >= 0.6 is 35.6 Å². The summed E-state index contributed by atoms with van der Waals surface area (Å²) in [6.45, 7) is 3.61. The molecule has 0 saturated carbocycles. The third kappa shape index (κ3) is 5.99. The van der Waals surface area contributed by atoms with Crippen molar-refractivity contribution in [2.45, 2.75) is 25.6 Å². The summed E-state index contributed by atoms with van der Waals surface area (Å²) >= 11 is 6.13. The summed E-state index contributed by atoms with van der Waals surface area (Å²) in [4.78, 5) is 4.47. The van der Waals surface area contributed by atoms with E-state index in [0.29, 0.717) is 23.1 Å². The van der Waals surface area contributed by atoms with Crippen LogP contribution in [0, 0.1) is 0 Å². The summed E-state index contributed by atoms with van der Waals surface area (Å²) in [5.74, 6) is 1.61. The van der Waals surface area contributed by atoms with Crippen molar-refractivity contribution in [1.82, 2.24) is 10.6 Å². The molecule has 2 atom stereocenters. The summed E-state index contributed by atoms with van der Waals surface area (Å²) in [5, 5.41) is 17.4. The first-order valence-electron chi connectivity index (χ1n) is 8.86. The van der Waals surface area contributed by atoms with Crippen LogP contribution in [0.1, 0.15) is 24.2 Å². The first-order chi connectivity index (χ1) is 12.7. The molecule has 2 aromatic rings. The molecule has 0 spiro atoms. The number of nitrogens with zero attached hydrogens (tertiary/aromatic N) is 1. The molecule has 0 fully saturated rings. The van der Waals surface area contributed by atoms with Gasteiger partial charge in [0.2, 0.25) is 0 Å². The molecule has 1 aliphatic heterocycles. The van der Waals surface area contributed by atoms with Gasteiger partial charge in [-0.25, -0.2) is 0 Å². The van der Waals surface area contributed by atoms with Crippen LogP contribution in [0.25, 0.3) is 0 Å². The molecule has 2 aromatic carbocycles. The van der Waals surface area contributed by atoms with Crippen molar-refractivity contribution in [2.24, 2.45) is 4.99 Å². The van der Waals surface area contributed by atoms with Crippen molar-refractivity contribution < 1.29 is 9.84 Å². The lowest BCUT2D eigenvalue weighted by atomic mass is 10.1. The number of halogens is 2. The molecule has 27 heavy (non-hydrogen) atoms. The van der Waals surface area contributed by atoms with Crippen LogP contribution < -0.4 is 15.4 Å². The smallest absolute Gasteiger partial charge is 0.191 e. The highest BCUT2D eigenvalue weighted by Crippen LogP contribution is 2.27. The van der Waals surface area contributed by atoms with Gasteiger partial charge in [-0.3, -0.25) is 4.99 Å². The summed E-state index contributed by atoms with van der Waals surface area (Å²) < 4.78 is 5.93. The van der Waals surface area contributed by atoms with Gasteiger partial charge in [0.15, 0.2) is 5.96 Å². The third-order valence-corrected chi connectivity index (χ3v) is 4.59. The molecule has 0 saturated heterocycles. The summed E-state index contributed by atoms with van der Waals surface area (Å²) in [6, 6.07) is 15.4. The Morgan fingerprint density at radius 3 is 2.70 bits per heavy atom. The molecule has 0 bridgehead atoms. The van der Waals surface area contributed by atoms with Crippen LogP contribution in [0.4, 0.5) is 0 Å². The molecule has 3 N–H and O–H groups in total. The third-order valence-electron chi connectivity index (χ3n) is 4.24. The zero-order valence-electron chi connectivity index (χ0n) is 15.2. The largest absolute Gasteiger partial charge is 0.488 e. The first-order valence-corrected chi connectivity index (χ1v) is 9.24. The highest BCUT2D eigenvalue weighted by atomic mass is 127. The van der Waals surface area contributed by atoms with Crippen LogP contribution in [0.3, 0.4) is 0 Å². The van der Waals surface area contributed by atoms with Gasteiger partial charge in [0.05, 0.1) is 13.1 Å². The predicted octanol–water partition coefficient (Wildman–Crippen LogP) is 3.55. The molecular weight excluding hydrogens is 477 g/mol. The van der Waals surface area contributed by atoms with E-state index in [2.05, 4.69) is 21.7 Å². The maximum atomic E-state index is 10.3. The summed E-state index contributed by atoms with van der Waals surface area (Å²) in [5.41, 5.74) is 1.92. The molecule has 146 valence electrons. The highest BCUT2D eigenvalue weighted by Gasteiger charge is 2.22. The number of aliphatic hydroxyl groups excluding tert-OH is 1. The van der Waals surface area contributed by atoms with E-state index in [9.17, 15) is 5.11 Å². The zero-order chi connectivity index (χ0) is 18.4. The average Bonchev–Trinajstić information content (AvgIpc) is 3.07. The monoisotopic (exact) mass is 501 g/mol. The van der Waals surface area contributed by atoms with E-state index in [-0.39, 0.29) is 36.6 Å². The van der Waals surface area contributed by atoms with Gasteiger partial charge in [-0.05, 0) is 24.6 Å². The van der Waals surface area contributed by atoms with Crippen LogP contribution in [0.5, 0.6) is 5.75 Å². The first kappa shape index (κ1) is 21.8. The second-order valence-electron chi connectivity index (χ2n) is 6.19. The maximum Gasteiger partial charge on any atom is 0.191 e. The fraction of sp³-hybridized carbons (Fsp3) is 0.350. The Morgan fingerprint density at radius 1 is 1.22 bits per heavy atom. The molecule has 0 radical (unpaired) electrons. The fourth-order valence-electron chi connectivity index (χ4n) is 2.94. The highest BCUT2D eigenvalue weighted by molar-refractivity contribution is 14.0. The predicted molar refractivity (Wildman–Crippen MR) is 120 cm³/mol. The number of rotatable bonds is 6. The molecule has 0 aromatic heterocycles. The number of benzene rings is 2. The van der Waals surface area contributed by atoms with E-state index in [1.807, 2.05) is 43.3 Å². The number of hydrogen-bond donors (Lipinski definition) is 3. The normalized spacial score (nSPS) is 16.7. The van der Waals surface area contributed by atoms with E-state index in [1.165, 1.54) is 5.56 Å². The second-order valence-corrected chi connectivity index (χ2v) is 6.60. The van der Waals surface area contributed by atoms with Gasteiger partial charge < -0.3 is 20.5 Å². The number of aliphatic imine (C=N–C) groups is 1. The van der Waals surface area contributed by atoms with Crippen LogP contribution in [-0.2, 0) is 6.42 Å². The Morgan fingerprint density at radius 2 is 1.96 bits per heavy atom. The molecule has 5 nitrogen and oxygen atoms in total. The lowest BCUT2D eigenvalue weighted by Crippen LogP contribution is -2.42. The van der Waals surface area contributed by atoms with Crippen molar-refractivity contribution >= 4 is 41.5 Å². The van der Waals surface area contributed by atoms with Crippen molar-refractivity contribution in [1.29, 1.82) is 0 Å². The fourth-order valence-corrected chi connectivity index (χ4v) is 3.20. The second kappa shape index (κ2) is 10.7. The number of aliphatic hydroxyl groups is 1. The molecule has 2 unspecified atom stereocenters. The number of fused-ring (bicyclic) bond motifs is 1. The van der Waals surface area contributed by atoms with Gasteiger partial charge in [0, 0.05) is 23.6 Å². The molecule has 1 aliphatic rings. The minimum absolute atomic E-state index is 0. The SMILES string of the molecule is CCNC(=NCC(O)c1ccccc1Cl)NCC1Cc2ccccc2O1.I. The van der Waals surface area contributed by atoms with Crippen LogP contribution in [0.15, 0.2) is 53.5 Å². The molecule has 3 rings (SSSR count). The van der Waals surface area contributed by atoms with E-state index < -0.39 is 6.10 Å². The summed E-state index contributed by atoms with van der Waals surface area (Å²) in [7, 11) is 0. The topological polar surface area (TPSA) is 65.9 Å². The van der Waals surface area contributed by atoms with Crippen LogP contribution in [-0.4, -0.2) is 36.8 Å². The summed E-state index contributed by atoms with van der Waals surface area (Å²) in [6.07, 6.45) is 0.209. The van der Waals surface area contributed by atoms with Crippen molar-refractivity contribution in [3.05, 3.63) is 64.7 Å². The Labute approximate surface area is 182 Å². The molecular formula is C20H25ClIN3O2. The Balaban J connectivity index is 0.00000261. The number of nitrogens with one attached hydrogen (secondary N) is 2. The van der Waals surface area contributed by atoms with Gasteiger partial charge >= 0.3 is 0 Å². The zero-order valence-corrected chi connectivity index (χ0v) is 18.3. The molecule has 7 heteroatoms. The van der Waals surface area contributed by atoms with Crippen molar-refractivity contribution in [3.8, 4) is 5.75 Å². The Bertz CT molecular complexity index is 747. The minimum atomic E-state index is -0.744. The number of para-hydroxylation sites is 1. The van der Waals surface area contributed by atoms with Gasteiger partial charge in [-0.1, -0.05) is 48.0 Å². The van der Waals surface area contributed by atoms with E-state index >= 15 is 0 Å². The lowest BCUT2D eigenvalue weighted by molar-refractivity contribution is 0.187. The average molecular weight is 502 g/mol. The van der Waals surface area contributed by atoms with Gasteiger partial charge in [0.1, 0.15) is 18.0 Å². The standard InChI is InChI=1S/C20H24ClN3O2.HI/c1-2-22-20(24-13-18(25)16-8-4-5-9-17(16)21)23-12-15-11-14-7-3-6-10-19(14)26-15;/h3-10,15,18,25H,2,11-13H2,1H3,(H2,22,23,24);1H. The Hall–Kier alpha value is -1.51. The van der Waals surface area contributed by atoms with Gasteiger partial charge in [-0.15, -0.1) is 24.0 Å². The minimum Gasteiger partial charge on any atom is -0.488 e. The number of ether oxygens (including phenoxy) is 1. The lowest BCUT2D eigenvalue weighted by Gasteiger charge is -2.16. The van der Waals surface area contributed by atoms with Crippen LogP contribution in [0.2, 0.25) is 5.02 Å².